The van der Waals surface area contributed by atoms with Crippen molar-refractivity contribution in [3.8, 4) is 5.69 Å². The third-order valence-electron chi connectivity index (χ3n) is 5.32. The number of fused-ring (bicyclic) bond motifs is 2. The number of carbonyl (C=O) groups excluding carboxylic acids is 1. The molecule has 0 spiro atoms. The summed E-state index contributed by atoms with van der Waals surface area (Å²) in [5.74, 6) is -0.344. The molecule has 0 atom stereocenters. The standard InChI is InChI=1S/C23H19N5OS/c1-13-10-18(12-20-21(24)28-23(25-22(20)29)30-15(3)26-28)14(2)27(13)19-9-8-16-6-4-5-7-17(16)11-19/h4-12,24H,1-3H3. The largest absolute Gasteiger partial charge is 0.318 e. The second-order valence-electron chi connectivity index (χ2n) is 7.33. The Balaban J connectivity index is 1.58. The molecule has 1 aromatic heterocycles. The van der Waals surface area contributed by atoms with Gasteiger partial charge in [-0.3, -0.25) is 10.2 Å². The van der Waals surface area contributed by atoms with Crippen molar-refractivity contribution in [2.24, 2.45) is 10.1 Å². The third-order valence-corrected chi connectivity index (χ3v) is 6.14. The van der Waals surface area contributed by atoms with Gasteiger partial charge in [0.2, 0.25) is 5.17 Å². The maximum Gasteiger partial charge on any atom is 0.283 e. The first-order chi connectivity index (χ1) is 14.4. The zero-order valence-corrected chi connectivity index (χ0v) is 17.6. The number of hydrogen-bond donors (Lipinski definition) is 1. The minimum absolute atomic E-state index is 0.0601. The van der Waals surface area contributed by atoms with Gasteiger partial charge < -0.3 is 4.57 Å². The Kier molecular flexibility index (Phi) is 4.22. The molecule has 1 amide bonds. The summed E-state index contributed by atoms with van der Waals surface area (Å²) in [6.07, 6.45) is 1.75. The molecule has 30 heavy (non-hydrogen) atoms. The molecule has 3 aromatic rings. The van der Waals surface area contributed by atoms with E-state index in [2.05, 4.69) is 45.0 Å². The van der Waals surface area contributed by atoms with E-state index in [9.17, 15) is 4.79 Å². The van der Waals surface area contributed by atoms with Crippen LogP contribution in [0.25, 0.3) is 22.5 Å². The van der Waals surface area contributed by atoms with Crippen LogP contribution in [-0.2, 0) is 4.79 Å². The molecule has 0 radical (unpaired) electrons. The molecule has 2 aromatic carbocycles. The van der Waals surface area contributed by atoms with Crippen LogP contribution in [0.1, 0.15) is 23.9 Å². The van der Waals surface area contributed by atoms with E-state index >= 15 is 0 Å². The number of amides is 1. The molecule has 2 aliphatic rings. The van der Waals surface area contributed by atoms with Crippen LogP contribution in [0.5, 0.6) is 0 Å². The molecule has 1 N–H and O–H groups in total. The van der Waals surface area contributed by atoms with Gasteiger partial charge in [0.25, 0.3) is 5.91 Å². The summed E-state index contributed by atoms with van der Waals surface area (Å²) in [4.78, 5) is 16.7. The van der Waals surface area contributed by atoms with E-state index in [-0.39, 0.29) is 11.4 Å². The van der Waals surface area contributed by atoms with Crippen LogP contribution in [0.15, 0.2) is 64.2 Å². The van der Waals surface area contributed by atoms with Crippen molar-refractivity contribution >= 4 is 50.6 Å². The number of nitrogens with one attached hydrogen (secondary N) is 1. The molecule has 0 bridgehead atoms. The summed E-state index contributed by atoms with van der Waals surface area (Å²) in [5, 5.41) is 17.8. The highest BCUT2D eigenvalue weighted by Crippen LogP contribution is 2.30. The fourth-order valence-electron chi connectivity index (χ4n) is 3.89. The highest BCUT2D eigenvalue weighted by atomic mass is 32.2. The summed E-state index contributed by atoms with van der Waals surface area (Å²) in [7, 11) is 0. The van der Waals surface area contributed by atoms with Crippen molar-refractivity contribution in [1.82, 2.24) is 9.58 Å². The molecule has 5 rings (SSSR count). The third kappa shape index (κ3) is 2.90. The van der Waals surface area contributed by atoms with E-state index in [1.807, 2.05) is 39.0 Å². The van der Waals surface area contributed by atoms with Gasteiger partial charge in [0.15, 0.2) is 5.84 Å². The highest BCUT2D eigenvalue weighted by molar-refractivity contribution is 8.26. The van der Waals surface area contributed by atoms with Gasteiger partial charge in [-0.25, -0.2) is 0 Å². The monoisotopic (exact) mass is 413 g/mol. The summed E-state index contributed by atoms with van der Waals surface area (Å²) >= 11 is 1.31. The van der Waals surface area contributed by atoms with Crippen LogP contribution in [0.2, 0.25) is 0 Å². The van der Waals surface area contributed by atoms with Crippen molar-refractivity contribution in [2.45, 2.75) is 20.8 Å². The number of benzene rings is 2. The maximum atomic E-state index is 12.6. The van der Waals surface area contributed by atoms with Crippen molar-refractivity contribution in [3.05, 3.63) is 71.1 Å². The summed E-state index contributed by atoms with van der Waals surface area (Å²) < 4.78 is 2.17. The Labute approximate surface area is 178 Å². The molecule has 6 nitrogen and oxygen atoms in total. The molecular formula is C23H19N5OS. The van der Waals surface area contributed by atoms with E-state index in [4.69, 9.17) is 5.41 Å². The Morgan fingerprint density at radius 1 is 1.03 bits per heavy atom. The van der Waals surface area contributed by atoms with Crippen molar-refractivity contribution in [1.29, 1.82) is 5.41 Å². The number of nitrogens with zero attached hydrogens (tertiary/aromatic N) is 4. The zero-order chi connectivity index (χ0) is 21.0. The highest BCUT2D eigenvalue weighted by Gasteiger charge is 2.34. The van der Waals surface area contributed by atoms with Crippen LogP contribution in [-0.4, -0.2) is 31.5 Å². The number of thioether (sulfide) groups is 1. The molecule has 0 unspecified atom stereocenters. The Bertz CT molecular complexity index is 1340. The Hall–Kier alpha value is -3.45. The average Bonchev–Trinajstić information content (AvgIpc) is 3.23. The Morgan fingerprint density at radius 3 is 2.60 bits per heavy atom. The molecule has 0 saturated carbocycles. The van der Waals surface area contributed by atoms with Gasteiger partial charge in [0.05, 0.1) is 10.6 Å². The van der Waals surface area contributed by atoms with Crippen molar-refractivity contribution < 1.29 is 4.79 Å². The van der Waals surface area contributed by atoms with Crippen LogP contribution in [0.4, 0.5) is 0 Å². The fraction of sp³-hybridized carbons (Fsp3) is 0.130. The minimum atomic E-state index is -0.404. The van der Waals surface area contributed by atoms with E-state index in [0.717, 1.165) is 27.7 Å². The van der Waals surface area contributed by atoms with Crippen LogP contribution >= 0.6 is 11.8 Å². The van der Waals surface area contributed by atoms with Gasteiger partial charge in [-0.2, -0.15) is 15.1 Å². The lowest BCUT2D eigenvalue weighted by atomic mass is 10.1. The first-order valence-electron chi connectivity index (χ1n) is 9.57. The summed E-state index contributed by atoms with van der Waals surface area (Å²) in [5.41, 5.74) is 4.26. The van der Waals surface area contributed by atoms with E-state index in [1.54, 1.807) is 6.08 Å². The minimum Gasteiger partial charge on any atom is -0.318 e. The molecular weight excluding hydrogens is 394 g/mol. The fourth-order valence-corrected chi connectivity index (χ4v) is 4.62. The SMILES string of the molecule is CC1=NN2C(=N)C(=Cc3cc(C)n(-c4ccc5ccccc5c4)c3C)C(=O)N=C2S1. The lowest BCUT2D eigenvalue weighted by Crippen LogP contribution is -2.35. The summed E-state index contributed by atoms with van der Waals surface area (Å²) in [6, 6.07) is 16.7. The quantitative estimate of drug-likeness (QED) is 0.608. The number of aryl methyl sites for hydroxylation is 1. The van der Waals surface area contributed by atoms with Crippen molar-refractivity contribution in [2.75, 3.05) is 0 Å². The smallest absolute Gasteiger partial charge is 0.283 e. The van der Waals surface area contributed by atoms with Gasteiger partial charge in [-0.05, 0) is 73.1 Å². The zero-order valence-electron chi connectivity index (χ0n) is 16.8. The number of rotatable bonds is 2. The number of carbonyl (C=O) groups is 1. The summed E-state index contributed by atoms with van der Waals surface area (Å²) in [6.45, 7) is 5.90. The molecule has 148 valence electrons. The predicted molar refractivity (Wildman–Crippen MR) is 123 cm³/mol. The normalized spacial score (nSPS) is 17.6. The molecule has 2 aliphatic heterocycles. The number of hydrogen-bond acceptors (Lipinski definition) is 4. The van der Waals surface area contributed by atoms with Gasteiger partial charge in [0.1, 0.15) is 0 Å². The number of amidine groups is 2. The number of aromatic nitrogens is 1. The van der Waals surface area contributed by atoms with Crippen LogP contribution in [0, 0.1) is 19.3 Å². The first-order valence-corrected chi connectivity index (χ1v) is 10.4. The maximum absolute atomic E-state index is 12.6. The molecule has 7 heteroatoms. The predicted octanol–water partition coefficient (Wildman–Crippen LogP) is 4.89. The van der Waals surface area contributed by atoms with Crippen molar-refractivity contribution in [3.63, 3.8) is 0 Å². The van der Waals surface area contributed by atoms with Crippen LogP contribution in [0.3, 0.4) is 0 Å². The number of aliphatic imine (C=N–C) groups is 1. The average molecular weight is 414 g/mol. The molecule has 0 aliphatic carbocycles. The number of hydrazone groups is 1. The van der Waals surface area contributed by atoms with Crippen LogP contribution < -0.4 is 0 Å². The lowest BCUT2D eigenvalue weighted by molar-refractivity contribution is -0.114. The lowest BCUT2D eigenvalue weighted by Gasteiger charge is -2.20. The molecule has 0 fully saturated rings. The molecule has 0 saturated heterocycles. The topological polar surface area (TPSA) is 73.8 Å². The van der Waals surface area contributed by atoms with Gasteiger partial charge in [0, 0.05) is 17.1 Å². The van der Waals surface area contributed by atoms with Gasteiger partial charge in [-0.15, -0.1) is 0 Å². The second-order valence-corrected chi connectivity index (χ2v) is 8.49. The second kappa shape index (κ2) is 6.81. The van der Waals surface area contributed by atoms with Gasteiger partial charge >= 0.3 is 0 Å². The van der Waals surface area contributed by atoms with E-state index in [0.29, 0.717) is 5.17 Å². The van der Waals surface area contributed by atoms with E-state index in [1.165, 1.54) is 27.5 Å². The first kappa shape index (κ1) is 18.6. The Morgan fingerprint density at radius 2 is 1.80 bits per heavy atom. The van der Waals surface area contributed by atoms with Gasteiger partial charge in [-0.1, -0.05) is 30.3 Å². The molecule has 3 heterocycles. The van der Waals surface area contributed by atoms with E-state index < -0.39 is 5.91 Å².